The molecule has 0 unspecified atom stereocenters. The van der Waals surface area contributed by atoms with Crippen molar-refractivity contribution in [1.82, 2.24) is 10.3 Å². The van der Waals surface area contributed by atoms with Gasteiger partial charge in [0.05, 0.1) is 12.1 Å². The summed E-state index contributed by atoms with van der Waals surface area (Å²) < 4.78 is 5.67. The van der Waals surface area contributed by atoms with Gasteiger partial charge >= 0.3 is 0 Å². The number of para-hydroxylation sites is 1. The predicted molar refractivity (Wildman–Crippen MR) is 84.4 cm³/mol. The number of furan rings is 1. The minimum absolute atomic E-state index is 0.103. The molecule has 0 saturated carbocycles. The van der Waals surface area contributed by atoms with Gasteiger partial charge in [-0.1, -0.05) is 12.1 Å². The Balaban J connectivity index is 1.82. The van der Waals surface area contributed by atoms with Crippen molar-refractivity contribution in [2.45, 2.75) is 13.5 Å². The Kier molecular flexibility index (Phi) is 3.93. The molecule has 1 amide bonds. The minimum atomic E-state index is -0.103. The molecule has 0 aliphatic rings. The van der Waals surface area contributed by atoms with E-state index < -0.39 is 0 Å². The Bertz CT molecular complexity index is 807. The fraction of sp³-hybridized carbons (Fsp3) is 0.125. The highest BCUT2D eigenvalue weighted by Crippen LogP contribution is 2.34. The first-order valence-electron chi connectivity index (χ1n) is 6.71. The van der Waals surface area contributed by atoms with Crippen LogP contribution < -0.4 is 5.32 Å². The summed E-state index contributed by atoms with van der Waals surface area (Å²) in [7, 11) is 0. The zero-order valence-corrected chi connectivity index (χ0v) is 12.7. The lowest BCUT2D eigenvalue weighted by Gasteiger charge is -1.99. The average Bonchev–Trinajstić information content (AvgIpc) is 3.14. The van der Waals surface area contributed by atoms with Gasteiger partial charge in [-0.05, 0) is 24.3 Å². The molecule has 2 aromatic heterocycles. The predicted octanol–water partition coefficient (Wildman–Crippen LogP) is 3.41. The largest absolute Gasteiger partial charge is 0.507 e. The Labute approximate surface area is 131 Å². The fourth-order valence-electron chi connectivity index (χ4n) is 1.99. The van der Waals surface area contributed by atoms with E-state index in [-0.39, 0.29) is 11.7 Å². The lowest BCUT2D eigenvalue weighted by atomic mass is 10.2. The third kappa shape index (κ3) is 3.01. The number of phenols is 1. The van der Waals surface area contributed by atoms with Crippen molar-refractivity contribution >= 4 is 17.2 Å². The number of hydrogen-bond donors (Lipinski definition) is 2. The van der Waals surface area contributed by atoms with Crippen LogP contribution in [0, 0.1) is 0 Å². The van der Waals surface area contributed by atoms with Gasteiger partial charge in [-0.2, -0.15) is 0 Å². The maximum Gasteiger partial charge on any atom is 0.217 e. The molecule has 112 valence electrons. The first-order chi connectivity index (χ1) is 10.6. The summed E-state index contributed by atoms with van der Waals surface area (Å²) in [5.41, 5.74) is 1.40. The van der Waals surface area contributed by atoms with Crippen LogP contribution in [0.15, 0.2) is 46.2 Å². The summed E-state index contributed by atoms with van der Waals surface area (Å²) in [6.45, 7) is 1.81. The molecular formula is C16H14N2O3S. The summed E-state index contributed by atoms with van der Waals surface area (Å²) >= 11 is 1.44. The number of phenolic OH excluding ortho intramolecular Hbond substituents is 1. The molecule has 5 nitrogen and oxygen atoms in total. The van der Waals surface area contributed by atoms with E-state index in [2.05, 4.69) is 10.3 Å². The molecule has 0 aliphatic carbocycles. The number of carbonyl (C=O) groups excluding carboxylic acids is 1. The first kappa shape index (κ1) is 14.3. The van der Waals surface area contributed by atoms with Gasteiger partial charge in [0.15, 0.2) is 5.76 Å². The average molecular weight is 314 g/mol. The Hall–Kier alpha value is -2.60. The highest BCUT2D eigenvalue weighted by molar-refractivity contribution is 7.13. The van der Waals surface area contributed by atoms with Gasteiger partial charge in [0.25, 0.3) is 0 Å². The summed E-state index contributed by atoms with van der Waals surface area (Å²) in [6, 6.07) is 10.7. The monoisotopic (exact) mass is 314 g/mol. The normalized spacial score (nSPS) is 10.6. The van der Waals surface area contributed by atoms with E-state index >= 15 is 0 Å². The molecule has 0 spiro atoms. The van der Waals surface area contributed by atoms with Crippen LogP contribution in [-0.2, 0) is 11.3 Å². The van der Waals surface area contributed by atoms with Crippen LogP contribution in [0.5, 0.6) is 5.75 Å². The number of aromatic nitrogens is 1. The SMILES string of the molecule is CC(=O)NCc1ccc(-c2csc(-c3ccccc3O)n2)o1. The second-order valence-corrected chi connectivity index (χ2v) is 5.59. The molecule has 0 fully saturated rings. The van der Waals surface area contributed by atoms with E-state index in [4.69, 9.17) is 4.42 Å². The quantitative estimate of drug-likeness (QED) is 0.774. The third-order valence-corrected chi connectivity index (χ3v) is 3.94. The van der Waals surface area contributed by atoms with Crippen LogP contribution in [0.1, 0.15) is 12.7 Å². The maximum atomic E-state index is 10.9. The molecule has 6 heteroatoms. The van der Waals surface area contributed by atoms with E-state index in [0.717, 1.165) is 5.01 Å². The van der Waals surface area contributed by atoms with Crippen molar-refractivity contribution in [2.75, 3.05) is 0 Å². The number of rotatable bonds is 4. The lowest BCUT2D eigenvalue weighted by molar-refractivity contribution is -0.119. The van der Waals surface area contributed by atoms with Gasteiger partial charge in [0.2, 0.25) is 5.91 Å². The lowest BCUT2D eigenvalue weighted by Crippen LogP contribution is -2.18. The Morgan fingerprint density at radius 3 is 2.91 bits per heavy atom. The summed E-state index contributed by atoms with van der Waals surface area (Å²) in [4.78, 5) is 15.4. The van der Waals surface area contributed by atoms with E-state index in [1.54, 1.807) is 12.1 Å². The molecule has 1 aromatic carbocycles. The highest BCUT2D eigenvalue weighted by atomic mass is 32.1. The fourth-order valence-corrected chi connectivity index (χ4v) is 2.83. The summed E-state index contributed by atoms with van der Waals surface area (Å²) in [6.07, 6.45) is 0. The van der Waals surface area contributed by atoms with E-state index in [9.17, 15) is 9.90 Å². The standard InChI is InChI=1S/C16H14N2O3S/c1-10(19)17-8-11-6-7-15(21-11)13-9-22-16(18-13)12-4-2-3-5-14(12)20/h2-7,9,20H,8H2,1H3,(H,17,19). The van der Waals surface area contributed by atoms with Gasteiger partial charge in [-0.25, -0.2) is 4.98 Å². The van der Waals surface area contributed by atoms with Crippen LogP contribution in [0.4, 0.5) is 0 Å². The molecule has 0 aliphatic heterocycles. The summed E-state index contributed by atoms with van der Waals surface area (Å²) in [5.74, 6) is 1.41. The molecule has 0 saturated heterocycles. The molecular weight excluding hydrogens is 300 g/mol. The van der Waals surface area contributed by atoms with Crippen molar-refractivity contribution in [3.05, 3.63) is 47.5 Å². The van der Waals surface area contributed by atoms with Crippen molar-refractivity contribution < 1.29 is 14.3 Å². The molecule has 0 atom stereocenters. The third-order valence-electron chi connectivity index (χ3n) is 3.06. The van der Waals surface area contributed by atoms with Crippen molar-refractivity contribution in [1.29, 1.82) is 0 Å². The van der Waals surface area contributed by atoms with Gasteiger partial charge in [0.1, 0.15) is 22.2 Å². The molecule has 3 aromatic rings. The van der Waals surface area contributed by atoms with Gasteiger partial charge < -0.3 is 14.8 Å². The van der Waals surface area contributed by atoms with Gasteiger partial charge in [-0.3, -0.25) is 4.79 Å². The number of amides is 1. The van der Waals surface area contributed by atoms with Crippen LogP contribution >= 0.6 is 11.3 Å². The van der Waals surface area contributed by atoms with E-state index in [0.29, 0.717) is 29.3 Å². The first-order valence-corrected chi connectivity index (χ1v) is 7.59. The Morgan fingerprint density at radius 1 is 1.32 bits per heavy atom. The summed E-state index contributed by atoms with van der Waals surface area (Å²) in [5, 5.41) is 15.2. The second kappa shape index (κ2) is 6.03. The Morgan fingerprint density at radius 2 is 2.14 bits per heavy atom. The van der Waals surface area contributed by atoms with Crippen LogP contribution in [0.2, 0.25) is 0 Å². The van der Waals surface area contributed by atoms with Crippen LogP contribution in [0.25, 0.3) is 22.0 Å². The minimum Gasteiger partial charge on any atom is -0.507 e. The van der Waals surface area contributed by atoms with Crippen LogP contribution in [0.3, 0.4) is 0 Å². The second-order valence-electron chi connectivity index (χ2n) is 4.73. The van der Waals surface area contributed by atoms with Crippen LogP contribution in [-0.4, -0.2) is 16.0 Å². The number of nitrogens with zero attached hydrogens (tertiary/aromatic N) is 1. The van der Waals surface area contributed by atoms with Gasteiger partial charge in [0, 0.05) is 12.3 Å². The number of thiazole rings is 1. The molecule has 2 N–H and O–H groups in total. The van der Waals surface area contributed by atoms with Crippen molar-refractivity contribution in [3.8, 4) is 27.8 Å². The number of benzene rings is 1. The molecule has 0 radical (unpaired) electrons. The molecule has 0 bridgehead atoms. The molecule has 22 heavy (non-hydrogen) atoms. The van der Waals surface area contributed by atoms with E-state index in [1.807, 2.05) is 29.6 Å². The number of carbonyl (C=O) groups is 1. The zero-order valence-electron chi connectivity index (χ0n) is 11.9. The van der Waals surface area contributed by atoms with E-state index in [1.165, 1.54) is 18.3 Å². The smallest absolute Gasteiger partial charge is 0.217 e. The molecule has 2 heterocycles. The number of nitrogens with one attached hydrogen (secondary N) is 1. The van der Waals surface area contributed by atoms with Crippen molar-refractivity contribution in [2.24, 2.45) is 0 Å². The topological polar surface area (TPSA) is 75.4 Å². The van der Waals surface area contributed by atoms with Gasteiger partial charge in [-0.15, -0.1) is 11.3 Å². The van der Waals surface area contributed by atoms with Crippen molar-refractivity contribution in [3.63, 3.8) is 0 Å². The highest BCUT2D eigenvalue weighted by Gasteiger charge is 2.12. The maximum absolute atomic E-state index is 10.9. The molecule has 3 rings (SSSR count). The zero-order chi connectivity index (χ0) is 15.5. The number of aromatic hydroxyl groups is 1. The number of hydrogen-bond acceptors (Lipinski definition) is 5.